The van der Waals surface area contributed by atoms with E-state index in [0.29, 0.717) is 18.9 Å². The third kappa shape index (κ3) is 8.05. The minimum absolute atomic E-state index is 0.0499. The Morgan fingerprint density at radius 3 is 2.50 bits per heavy atom. The molecule has 2 N–H and O–H groups in total. The van der Waals surface area contributed by atoms with Crippen LogP contribution in [0.15, 0.2) is 0 Å². The summed E-state index contributed by atoms with van der Waals surface area (Å²) in [5, 5.41) is 12.1. The number of carbonyl (C=O) groups is 1. The molecular weight excluding hydrogens is 178 g/mol. The fourth-order valence-corrected chi connectivity index (χ4v) is 1.18. The minimum Gasteiger partial charge on any atom is -0.391 e. The summed E-state index contributed by atoms with van der Waals surface area (Å²) in [6.07, 6.45) is 2.79. The van der Waals surface area contributed by atoms with Gasteiger partial charge in [0.1, 0.15) is 0 Å². The van der Waals surface area contributed by atoms with Crippen LogP contribution in [0.3, 0.4) is 0 Å². The van der Waals surface area contributed by atoms with Crippen molar-refractivity contribution in [2.45, 2.75) is 52.6 Å². The number of hydrogen-bond donors (Lipinski definition) is 2. The number of aliphatic hydroxyl groups is 1. The largest absolute Gasteiger partial charge is 0.391 e. The molecule has 0 aromatic heterocycles. The van der Waals surface area contributed by atoms with Gasteiger partial charge in [-0.3, -0.25) is 4.79 Å². The number of aliphatic hydroxyl groups excluding tert-OH is 1. The normalized spacial score (nSPS) is 12.9. The third-order valence-electron chi connectivity index (χ3n) is 2.11. The summed E-state index contributed by atoms with van der Waals surface area (Å²) in [5.74, 6) is 0.607. The van der Waals surface area contributed by atoms with Gasteiger partial charge in [-0.15, -0.1) is 0 Å². The Balaban J connectivity index is 3.43. The first kappa shape index (κ1) is 13.4. The van der Waals surface area contributed by atoms with Crippen molar-refractivity contribution in [3.63, 3.8) is 0 Å². The Kier molecular flexibility index (Phi) is 7.48. The van der Waals surface area contributed by atoms with Gasteiger partial charge in [-0.25, -0.2) is 0 Å². The molecule has 0 saturated carbocycles. The summed E-state index contributed by atoms with van der Waals surface area (Å²) in [4.78, 5) is 11.2. The van der Waals surface area contributed by atoms with Gasteiger partial charge in [0.05, 0.1) is 6.10 Å². The molecular formula is C11H23NO2. The van der Waals surface area contributed by atoms with Gasteiger partial charge < -0.3 is 10.4 Å². The highest BCUT2D eigenvalue weighted by molar-refractivity contribution is 5.75. The third-order valence-corrected chi connectivity index (χ3v) is 2.11. The number of rotatable bonds is 7. The highest BCUT2D eigenvalue weighted by atomic mass is 16.3. The second-order valence-electron chi connectivity index (χ2n) is 4.18. The molecule has 0 heterocycles. The molecule has 0 radical (unpaired) electrons. The predicted octanol–water partition coefficient (Wildman–Crippen LogP) is 1.70. The van der Waals surface area contributed by atoms with Crippen molar-refractivity contribution in [1.29, 1.82) is 0 Å². The molecule has 0 aliphatic carbocycles. The lowest BCUT2D eigenvalue weighted by atomic mass is 10.1. The molecule has 0 bridgehead atoms. The molecule has 84 valence electrons. The maximum Gasteiger partial charge on any atom is 0.220 e. The van der Waals surface area contributed by atoms with Gasteiger partial charge >= 0.3 is 0 Å². The molecule has 0 rings (SSSR count). The first-order valence-corrected chi connectivity index (χ1v) is 5.51. The lowest BCUT2D eigenvalue weighted by Crippen LogP contribution is -2.31. The highest BCUT2D eigenvalue weighted by Crippen LogP contribution is 2.02. The first-order valence-electron chi connectivity index (χ1n) is 5.51. The van der Waals surface area contributed by atoms with Crippen LogP contribution in [-0.2, 0) is 4.79 Å². The standard InChI is InChI=1S/C11H23NO2/c1-4-5-10(13)8-12-11(14)7-6-9(2)3/h9-10,13H,4-8H2,1-3H3,(H,12,14). The molecule has 0 fully saturated rings. The van der Waals surface area contributed by atoms with Gasteiger partial charge in [-0.2, -0.15) is 0 Å². The summed E-state index contributed by atoms with van der Waals surface area (Å²) in [7, 11) is 0. The number of amides is 1. The van der Waals surface area contributed by atoms with Gasteiger partial charge in [0.2, 0.25) is 5.91 Å². The summed E-state index contributed by atoms with van der Waals surface area (Å²) in [6, 6.07) is 0. The number of carbonyl (C=O) groups excluding carboxylic acids is 1. The molecule has 1 amide bonds. The van der Waals surface area contributed by atoms with Crippen LogP contribution in [0.1, 0.15) is 46.5 Å². The van der Waals surface area contributed by atoms with Crippen LogP contribution in [-0.4, -0.2) is 23.7 Å². The van der Waals surface area contributed by atoms with Crippen molar-refractivity contribution in [2.24, 2.45) is 5.92 Å². The summed E-state index contributed by atoms with van der Waals surface area (Å²) in [6.45, 7) is 6.60. The first-order chi connectivity index (χ1) is 6.56. The van der Waals surface area contributed by atoms with Crippen LogP contribution in [0.25, 0.3) is 0 Å². The van der Waals surface area contributed by atoms with Crippen molar-refractivity contribution in [3.05, 3.63) is 0 Å². The molecule has 1 unspecified atom stereocenters. The van der Waals surface area contributed by atoms with Gasteiger partial charge in [0, 0.05) is 13.0 Å². The van der Waals surface area contributed by atoms with Crippen molar-refractivity contribution >= 4 is 5.91 Å². The SMILES string of the molecule is CCCC(O)CNC(=O)CCC(C)C. The van der Waals surface area contributed by atoms with E-state index in [0.717, 1.165) is 19.3 Å². The van der Waals surface area contributed by atoms with Gasteiger partial charge in [-0.1, -0.05) is 27.2 Å². The van der Waals surface area contributed by atoms with E-state index in [4.69, 9.17) is 0 Å². The van der Waals surface area contributed by atoms with E-state index in [1.807, 2.05) is 6.92 Å². The highest BCUT2D eigenvalue weighted by Gasteiger charge is 2.06. The van der Waals surface area contributed by atoms with Crippen molar-refractivity contribution in [1.82, 2.24) is 5.32 Å². The zero-order valence-corrected chi connectivity index (χ0v) is 9.55. The quantitative estimate of drug-likeness (QED) is 0.658. The molecule has 0 aromatic rings. The van der Waals surface area contributed by atoms with Crippen LogP contribution < -0.4 is 5.32 Å². The van der Waals surface area contributed by atoms with Crippen LogP contribution in [0.2, 0.25) is 0 Å². The topological polar surface area (TPSA) is 49.3 Å². The Morgan fingerprint density at radius 1 is 1.36 bits per heavy atom. The fraction of sp³-hybridized carbons (Fsp3) is 0.909. The van der Waals surface area contributed by atoms with E-state index in [9.17, 15) is 9.90 Å². The maximum absolute atomic E-state index is 11.2. The zero-order valence-electron chi connectivity index (χ0n) is 9.55. The van der Waals surface area contributed by atoms with E-state index in [-0.39, 0.29) is 12.0 Å². The molecule has 3 heteroatoms. The minimum atomic E-state index is -0.386. The predicted molar refractivity (Wildman–Crippen MR) is 58.0 cm³/mol. The monoisotopic (exact) mass is 201 g/mol. The number of hydrogen-bond acceptors (Lipinski definition) is 2. The molecule has 0 saturated heterocycles. The lowest BCUT2D eigenvalue weighted by Gasteiger charge is -2.11. The zero-order chi connectivity index (χ0) is 11.0. The van der Waals surface area contributed by atoms with Gasteiger partial charge in [0.15, 0.2) is 0 Å². The van der Waals surface area contributed by atoms with E-state index in [1.165, 1.54) is 0 Å². The molecule has 3 nitrogen and oxygen atoms in total. The molecule has 14 heavy (non-hydrogen) atoms. The van der Waals surface area contributed by atoms with E-state index < -0.39 is 0 Å². The fourth-order valence-electron chi connectivity index (χ4n) is 1.18. The Hall–Kier alpha value is -0.570. The summed E-state index contributed by atoms with van der Waals surface area (Å²) in [5.41, 5.74) is 0. The van der Waals surface area contributed by atoms with Crippen LogP contribution >= 0.6 is 0 Å². The Bertz CT molecular complexity index is 157. The average molecular weight is 201 g/mol. The molecule has 0 aromatic carbocycles. The smallest absolute Gasteiger partial charge is 0.220 e. The second-order valence-corrected chi connectivity index (χ2v) is 4.18. The van der Waals surface area contributed by atoms with Crippen LogP contribution in [0.5, 0.6) is 0 Å². The van der Waals surface area contributed by atoms with Crippen molar-refractivity contribution < 1.29 is 9.90 Å². The Labute approximate surface area is 86.9 Å². The van der Waals surface area contributed by atoms with Crippen molar-refractivity contribution in [3.8, 4) is 0 Å². The van der Waals surface area contributed by atoms with E-state index in [1.54, 1.807) is 0 Å². The maximum atomic E-state index is 11.2. The summed E-state index contributed by atoms with van der Waals surface area (Å²) < 4.78 is 0. The van der Waals surface area contributed by atoms with Crippen LogP contribution in [0.4, 0.5) is 0 Å². The molecule has 0 aliphatic heterocycles. The van der Waals surface area contributed by atoms with E-state index >= 15 is 0 Å². The molecule has 0 spiro atoms. The average Bonchev–Trinajstić information content (AvgIpc) is 2.12. The Morgan fingerprint density at radius 2 is 2.00 bits per heavy atom. The second kappa shape index (κ2) is 7.80. The van der Waals surface area contributed by atoms with Gasteiger partial charge in [0.25, 0.3) is 0 Å². The lowest BCUT2D eigenvalue weighted by molar-refractivity contribution is -0.121. The molecule has 0 aliphatic rings. The van der Waals surface area contributed by atoms with Gasteiger partial charge in [-0.05, 0) is 18.8 Å². The van der Waals surface area contributed by atoms with Crippen molar-refractivity contribution in [2.75, 3.05) is 6.54 Å². The van der Waals surface area contributed by atoms with E-state index in [2.05, 4.69) is 19.2 Å². The summed E-state index contributed by atoms with van der Waals surface area (Å²) >= 11 is 0. The van der Waals surface area contributed by atoms with Crippen LogP contribution in [0, 0.1) is 5.92 Å². The number of nitrogens with one attached hydrogen (secondary N) is 1. The molecule has 1 atom stereocenters.